The zero-order valence-corrected chi connectivity index (χ0v) is 15.2. The lowest BCUT2D eigenvalue weighted by Crippen LogP contribution is -2.19. The lowest BCUT2D eigenvalue weighted by Gasteiger charge is -2.12. The van der Waals surface area contributed by atoms with Gasteiger partial charge in [-0.2, -0.15) is 0 Å². The van der Waals surface area contributed by atoms with Crippen molar-refractivity contribution in [2.75, 3.05) is 17.7 Å². The molecule has 0 atom stereocenters. The van der Waals surface area contributed by atoms with Crippen molar-refractivity contribution in [1.29, 1.82) is 0 Å². The largest absolute Gasteiger partial charge is 0.497 e. The van der Waals surface area contributed by atoms with Gasteiger partial charge in [-0.3, -0.25) is 9.59 Å². The van der Waals surface area contributed by atoms with Crippen LogP contribution in [0.5, 0.6) is 5.75 Å². The van der Waals surface area contributed by atoms with Gasteiger partial charge >= 0.3 is 0 Å². The quantitative estimate of drug-likeness (QED) is 0.673. The summed E-state index contributed by atoms with van der Waals surface area (Å²) in [7, 11) is 1.57. The van der Waals surface area contributed by atoms with Crippen LogP contribution >= 0.6 is 0 Å². The van der Waals surface area contributed by atoms with Crippen LogP contribution in [0, 0.1) is 5.82 Å². The van der Waals surface area contributed by atoms with Gasteiger partial charge in [0.25, 0.3) is 5.91 Å². The van der Waals surface area contributed by atoms with E-state index in [0.717, 1.165) is 0 Å². The second-order valence-corrected chi connectivity index (χ2v) is 6.08. The number of para-hydroxylation sites is 1. The second-order valence-electron chi connectivity index (χ2n) is 6.08. The predicted molar refractivity (Wildman–Crippen MR) is 106 cm³/mol. The summed E-state index contributed by atoms with van der Waals surface area (Å²) >= 11 is 0. The zero-order chi connectivity index (χ0) is 19.9. The number of carbonyl (C=O) groups is 2. The number of ether oxygens (including phenoxy) is 1. The van der Waals surface area contributed by atoms with Gasteiger partial charge in [0, 0.05) is 5.69 Å². The maximum atomic E-state index is 13.0. The first-order valence-electron chi connectivity index (χ1n) is 8.64. The van der Waals surface area contributed by atoms with Gasteiger partial charge in [0.1, 0.15) is 11.6 Å². The molecule has 28 heavy (non-hydrogen) atoms. The third-order valence-electron chi connectivity index (χ3n) is 4.07. The van der Waals surface area contributed by atoms with E-state index in [4.69, 9.17) is 4.74 Å². The van der Waals surface area contributed by atoms with Crippen LogP contribution in [-0.4, -0.2) is 18.9 Å². The number of benzene rings is 3. The lowest BCUT2D eigenvalue weighted by atomic mass is 10.1. The van der Waals surface area contributed by atoms with Gasteiger partial charge in [-0.1, -0.05) is 24.3 Å². The average Bonchev–Trinajstić information content (AvgIpc) is 2.70. The highest BCUT2D eigenvalue weighted by molar-refractivity contribution is 6.10. The van der Waals surface area contributed by atoms with Crippen LogP contribution in [0.15, 0.2) is 72.8 Å². The number of nitrogens with one attached hydrogen (secondary N) is 2. The summed E-state index contributed by atoms with van der Waals surface area (Å²) in [5, 5.41) is 5.54. The monoisotopic (exact) mass is 378 g/mol. The Morgan fingerprint density at radius 3 is 2.25 bits per heavy atom. The highest BCUT2D eigenvalue weighted by atomic mass is 19.1. The molecule has 0 saturated heterocycles. The Bertz CT molecular complexity index is 970. The Balaban J connectivity index is 1.69. The minimum absolute atomic E-state index is 0.0781. The number of anilines is 2. The smallest absolute Gasteiger partial charge is 0.257 e. The molecule has 142 valence electrons. The number of hydrogen-bond donors (Lipinski definition) is 2. The SMILES string of the molecule is COc1ccc(NC(=O)c2ccccc2NC(=O)Cc2ccc(F)cc2)cc1. The molecular weight excluding hydrogens is 359 g/mol. The van der Waals surface area contributed by atoms with Crippen molar-refractivity contribution in [2.45, 2.75) is 6.42 Å². The van der Waals surface area contributed by atoms with Gasteiger partial charge in [-0.25, -0.2) is 4.39 Å². The molecule has 3 aromatic carbocycles. The Hall–Kier alpha value is -3.67. The van der Waals surface area contributed by atoms with Crippen LogP contribution in [0.25, 0.3) is 0 Å². The van der Waals surface area contributed by atoms with Gasteiger partial charge < -0.3 is 15.4 Å². The summed E-state index contributed by atoms with van der Waals surface area (Å²) in [5.41, 5.74) is 2.03. The molecule has 0 aromatic heterocycles. The Kier molecular flexibility index (Phi) is 6.01. The fourth-order valence-electron chi connectivity index (χ4n) is 2.64. The Labute approximate surface area is 162 Å². The normalized spacial score (nSPS) is 10.2. The summed E-state index contributed by atoms with van der Waals surface area (Å²) in [6.45, 7) is 0. The molecule has 6 heteroatoms. The highest BCUT2D eigenvalue weighted by Gasteiger charge is 2.14. The summed E-state index contributed by atoms with van der Waals surface area (Å²) in [6.07, 6.45) is 0.0781. The van der Waals surface area contributed by atoms with Gasteiger partial charge in [0.05, 0.1) is 24.8 Å². The van der Waals surface area contributed by atoms with E-state index >= 15 is 0 Å². The second kappa shape index (κ2) is 8.81. The van der Waals surface area contributed by atoms with E-state index < -0.39 is 0 Å². The maximum absolute atomic E-state index is 13.0. The summed E-state index contributed by atoms with van der Waals surface area (Å²) in [5.74, 6) is -0.310. The van der Waals surface area contributed by atoms with E-state index in [-0.39, 0.29) is 24.1 Å². The van der Waals surface area contributed by atoms with Crippen LogP contribution in [0.1, 0.15) is 15.9 Å². The Morgan fingerprint density at radius 1 is 0.893 bits per heavy atom. The van der Waals surface area contributed by atoms with E-state index in [1.807, 2.05) is 0 Å². The van der Waals surface area contributed by atoms with Crippen molar-refractivity contribution in [3.05, 3.63) is 89.7 Å². The molecule has 5 nitrogen and oxygen atoms in total. The van der Waals surface area contributed by atoms with E-state index in [0.29, 0.717) is 28.3 Å². The summed E-state index contributed by atoms with van der Waals surface area (Å²) in [6, 6.07) is 19.4. The molecular formula is C22H19FN2O3. The first kappa shape index (κ1) is 19.1. The van der Waals surface area contributed by atoms with Crippen LogP contribution in [0.4, 0.5) is 15.8 Å². The molecule has 0 aliphatic heterocycles. The summed E-state index contributed by atoms with van der Waals surface area (Å²) < 4.78 is 18.1. The third kappa shape index (κ3) is 4.94. The predicted octanol–water partition coefficient (Wildman–Crippen LogP) is 4.27. The number of carbonyl (C=O) groups excluding carboxylic acids is 2. The number of amides is 2. The van der Waals surface area contributed by atoms with E-state index in [1.54, 1.807) is 67.8 Å². The topological polar surface area (TPSA) is 67.4 Å². The zero-order valence-electron chi connectivity index (χ0n) is 15.2. The minimum atomic E-state index is -0.357. The first-order valence-corrected chi connectivity index (χ1v) is 8.64. The van der Waals surface area contributed by atoms with Crippen LogP contribution < -0.4 is 15.4 Å². The molecule has 2 amide bonds. The third-order valence-corrected chi connectivity index (χ3v) is 4.07. The van der Waals surface area contributed by atoms with Crippen molar-refractivity contribution in [3.63, 3.8) is 0 Å². The molecule has 0 aliphatic rings. The van der Waals surface area contributed by atoms with Gasteiger partial charge in [0.15, 0.2) is 0 Å². The lowest BCUT2D eigenvalue weighted by molar-refractivity contribution is -0.115. The molecule has 2 N–H and O–H groups in total. The summed E-state index contributed by atoms with van der Waals surface area (Å²) in [4.78, 5) is 25.0. The fourth-order valence-corrected chi connectivity index (χ4v) is 2.64. The van der Waals surface area contributed by atoms with E-state index in [9.17, 15) is 14.0 Å². The van der Waals surface area contributed by atoms with E-state index in [1.165, 1.54) is 12.1 Å². The standard InChI is InChI=1S/C22H19FN2O3/c1-28-18-12-10-17(11-13-18)24-22(27)19-4-2-3-5-20(19)25-21(26)14-15-6-8-16(23)9-7-15/h2-13H,14H2,1H3,(H,24,27)(H,25,26). The van der Waals surface area contributed by atoms with Gasteiger partial charge in [0.2, 0.25) is 5.91 Å². The van der Waals surface area contributed by atoms with Crippen molar-refractivity contribution < 1.29 is 18.7 Å². The highest BCUT2D eigenvalue weighted by Crippen LogP contribution is 2.20. The molecule has 0 bridgehead atoms. The number of halogens is 1. The van der Waals surface area contributed by atoms with Crippen molar-refractivity contribution in [1.82, 2.24) is 0 Å². The van der Waals surface area contributed by atoms with Crippen molar-refractivity contribution in [3.8, 4) is 5.75 Å². The molecule has 0 radical (unpaired) electrons. The molecule has 0 saturated carbocycles. The van der Waals surface area contributed by atoms with Crippen molar-refractivity contribution in [2.24, 2.45) is 0 Å². The number of rotatable bonds is 6. The molecule has 3 aromatic rings. The molecule has 0 unspecified atom stereocenters. The molecule has 0 heterocycles. The molecule has 0 aliphatic carbocycles. The molecule has 0 spiro atoms. The van der Waals surface area contributed by atoms with Crippen LogP contribution in [-0.2, 0) is 11.2 Å². The van der Waals surface area contributed by atoms with Gasteiger partial charge in [-0.15, -0.1) is 0 Å². The van der Waals surface area contributed by atoms with Crippen LogP contribution in [0.3, 0.4) is 0 Å². The van der Waals surface area contributed by atoms with E-state index in [2.05, 4.69) is 10.6 Å². The minimum Gasteiger partial charge on any atom is -0.497 e. The van der Waals surface area contributed by atoms with Gasteiger partial charge in [-0.05, 0) is 54.1 Å². The molecule has 0 fully saturated rings. The maximum Gasteiger partial charge on any atom is 0.257 e. The number of methoxy groups -OCH3 is 1. The fraction of sp³-hybridized carbons (Fsp3) is 0.0909. The first-order chi connectivity index (χ1) is 13.5. The molecule has 3 rings (SSSR count). The average molecular weight is 378 g/mol. The van der Waals surface area contributed by atoms with Crippen molar-refractivity contribution >= 4 is 23.2 Å². The number of hydrogen-bond acceptors (Lipinski definition) is 3. The Morgan fingerprint density at radius 2 is 1.57 bits per heavy atom. The van der Waals surface area contributed by atoms with Crippen LogP contribution in [0.2, 0.25) is 0 Å².